The Morgan fingerprint density at radius 3 is 2.55 bits per heavy atom. The molecule has 2 fully saturated rings. The van der Waals surface area contributed by atoms with Gasteiger partial charge in [0.25, 0.3) is 5.91 Å². The average molecular weight is 551 g/mol. The lowest BCUT2D eigenvalue weighted by atomic mass is 10.1. The van der Waals surface area contributed by atoms with Crippen LogP contribution in [0.3, 0.4) is 0 Å². The minimum Gasteiger partial charge on any atom is -0.391 e. The van der Waals surface area contributed by atoms with Crippen molar-refractivity contribution in [2.24, 2.45) is 0 Å². The number of ether oxygens (including phenoxy) is 1. The van der Waals surface area contributed by atoms with Crippen LogP contribution in [0.4, 0.5) is 19.0 Å². The number of morpholine rings is 1. The molecule has 0 radical (unpaired) electrons. The van der Waals surface area contributed by atoms with Crippen LogP contribution in [0.2, 0.25) is 5.02 Å². The molecule has 202 valence electrons. The highest BCUT2D eigenvalue weighted by Gasteiger charge is 2.35. The van der Waals surface area contributed by atoms with Crippen LogP contribution >= 0.6 is 11.6 Å². The molecule has 1 amide bonds. The smallest absolute Gasteiger partial charge is 0.391 e. The highest BCUT2D eigenvalue weighted by atomic mass is 35.5. The van der Waals surface area contributed by atoms with Gasteiger partial charge >= 0.3 is 6.18 Å². The number of aliphatic hydroxyl groups excluding tert-OH is 1. The van der Waals surface area contributed by atoms with Crippen molar-refractivity contribution in [3.8, 4) is 0 Å². The van der Waals surface area contributed by atoms with Crippen molar-refractivity contribution in [3.05, 3.63) is 58.6 Å². The number of carbonyl (C=O) groups is 1. The summed E-state index contributed by atoms with van der Waals surface area (Å²) >= 11 is 6.44. The van der Waals surface area contributed by atoms with Gasteiger partial charge in [0.05, 0.1) is 41.5 Å². The second-order valence-corrected chi connectivity index (χ2v) is 9.67. The maximum Gasteiger partial charge on any atom is 0.451 e. The number of carbonyl (C=O) groups excluding carboxylic acids is 1. The van der Waals surface area contributed by atoms with Crippen molar-refractivity contribution in [2.75, 3.05) is 50.8 Å². The van der Waals surface area contributed by atoms with Crippen LogP contribution in [0.1, 0.15) is 34.2 Å². The molecule has 2 aromatic heterocycles. The normalized spacial score (nSPS) is 19.6. The van der Waals surface area contributed by atoms with E-state index in [1.807, 2.05) is 9.80 Å². The molecule has 0 aliphatic carbocycles. The summed E-state index contributed by atoms with van der Waals surface area (Å²) in [5.41, 5.74) is 1.29. The van der Waals surface area contributed by atoms with Gasteiger partial charge in [0.15, 0.2) is 0 Å². The van der Waals surface area contributed by atoms with Gasteiger partial charge < -0.3 is 20.1 Å². The van der Waals surface area contributed by atoms with E-state index >= 15 is 0 Å². The lowest BCUT2D eigenvalue weighted by Crippen LogP contribution is -2.44. The highest BCUT2D eigenvalue weighted by Crippen LogP contribution is 2.30. The molecule has 5 rings (SSSR count). The zero-order chi connectivity index (χ0) is 26.9. The Morgan fingerprint density at radius 1 is 1.16 bits per heavy atom. The van der Waals surface area contributed by atoms with Gasteiger partial charge in [0, 0.05) is 56.1 Å². The summed E-state index contributed by atoms with van der Waals surface area (Å²) in [6, 6.07) is 6.46. The fourth-order valence-electron chi connectivity index (χ4n) is 4.80. The van der Waals surface area contributed by atoms with Crippen LogP contribution in [0.5, 0.6) is 0 Å². The summed E-state index contributed by atoms with van der Waals surface area (Å²) < 4.78 is 44.3. The lowest BCUT2D eigenvalue weighted by molar-refractivity contribution is -0.145. The Labute approximate surface area is 221 Å². The number of anilines is 1. The molecule has 2 aliphatic heterocycles. The third-order valence-corrected chi connectivity index (χ3v) is 7.09. The molecule has 2 atom stereocenters. The van der Waals surface area contributed by atoms with E-state index in [4.69, 9.17) is 16.3 Å². The standard InChI is InChI=1S/C25H26ClF3N6O3/c26-18-2-3-19-17(1-4-21(33-19)35-6-5-16(36)14-35)22(18)23(37)30-13-20(34-7-9-38-10-8-34)15-11-31-24(32-12-15)25(27,28)29/h1-4,11-12,16,20,36H,5-10,13-14H2,(H,30,37). The SMILES string of the molecule is O=C(NCC(c1cnc(C(F)(F)F)nc1)N1CCOCC1)c1c(Cl)ccc2nc(N3CCC(O)C3)ccc12. The first kappa shape index (κ1) is 26.5. The molecule has 2 aliphatic rings. The number of alkyl halides is 3. The molecule has 13 heteroatoms. The van der Waals surface area contributed by atoms with Gasteiger partial charge in [-0.2, -0.15) is 13.2 Å². The van der Waals surface area contributed by atoms with Gasteiger partial charge in [-0.3, -0.25) is 9.69 Å². The number of halogens is 4. The molecular weight excluding hydrogens is 525 g/mol. The lowest BCUT2D eigenvalue weighted by Gasteiger charge is -2.34. The van der Waals surface area contributed by atoms with Crippen molar-refractivity contribution in [2.45, 2.75) is 24.7 Å². The molecule has 0 spiro atoms. The van der Waals surface area contributed by atoms with E-state index in [0.29, 0.717) is 68.1 Å². The van der Waals surface area contributed by atoms with E-state index in [1.54, 1.807) is 24.3 Å². The Kier molecular flexibility index (Phi) is 7.66. The average Bonchev–Trinajstić information content (AvgIpc) is 3.35. The fraction of sp³-hybridized carbons (Fsp3) is 0.440. The van der Waals surface area contributed by atoms with Gasteiger partial charge in [-0.05, 0) is 30.7 Å². The van der Waals surface area contributed by atoms with Gasteiger partial charge in [0.2, 0.25) is 5.82 Å². The van der Waals surface area contributed by atoms with E-state index in [9.17, 15) is 23.1 Å². The molecule has 9 nitrogen and oxygen atoms in total. The van der Waals surface area contributed by atoms with E-state index in [1.165, 1.54) is 0 Å². The summed E-state index contributed by atoms with van der Waals surface area (Å²) in [5.74, 6) is -0.945. The van der Waals surface area contributed by atoms with Crippen LogP contribution in [0.25, 0.3) is 10.9 Å². The van der Waals surface area contributed by atoms with Gasteiger partial charge in [-0.25, -0.2) is 15.0 Å². The molecule has 4 heterocycles. The van der Waals surface area contributed by atoms with Crippen molar-refractivity contribution in [3.63, 3.8) is 0 Å². The maximum atomic E-state index is 13.4. The number of aromatic nitrogens is 3. The van der Waals surface area contributed by atoms with Gasteiger partial charge in [-0.1, -0.05) is 11.6 Å². The number of amides is 1. The molecule has 0 bridgehead atoms. The number of nitrogens with zero attached hydrogens (tertiary/aromatic N) is 5. The molecule has 2 N–H and O–H groups in total. The van der Waals surface area contributed by atoms with E-state index in [0.717, 1.165) is 12.4 Å². The quantitative estimate of drug-likeness (QED) is 0.483. The molecular formula is C25H26ClF3N6O3. The van der Waals surface area contributed by atoms with Gasteiger partial charge in [-0.15, -0.1) is 0 Å². The number of hydrogen-bond donors (Lipinski definition) is 2. The number of β-amino-alcohol motifs (C(OH)–C–C–N with tert-alkyl or cyclic N) is 1. The molecule has 0 saturated carbocycles. The molecule has 1 aromatic carbocycles. The van der Waals surface area contributed by atoms with Crippen LogP contribution < -0.4 is 10.2 Å². The van der Waals surface area contributed by atoms with Gasteiger partial charge in [0.1, 0.15) is 5.82 Å². The Hall–Kier alpha value is -3.06. The largest absolute Gasteiger partial charge is 0.451 e. The Bertz CT molecular complexity index is 1300. The van der Waals surface area contributed by atoms with Crippen molar-refractivity contribution < 1.29 is 27.8 Å². The summed E-state index contributed by atoms with van der Waals surface area (Å²) in [5, 5.41) is 13.6. The summed E-state index contributed by atoms with van der Waals surface area (Å²) in [6.45, 7) is 3.28. The molecule has 2 unspecified atom stereocenters. The third kappa shape index (κ3) is 5.68. The molecule has 38 heavy (non-hydrogen) atoms. The minimum absolute atomic E-state index is 0.0947. The van der Waals surface area contributed by atoms with Crippen molar-refractivity contribution in [1.29, 1.82) is 0 Å². The Morgan fingerprint density at radius 2 is 1.89 bits per heavy atom. The summed E-state index contributed by atoms with van der Waals surface area (Å²) in [4.78, 5) is 29.0. The number of fused-ring (bicyclic) bond motifs is 1. The van der Waals surface area contributed by atoms with E-state index < -0.39 is 30.1 Å². The summed E-state index contributed by atoms with van der Waals surface area (Å²) in [7, 11) is 0. The van der Waals surface area contributed by atoms with E-state index in [-0.39, 0.29) is 17.1 Å². The fourth-order valence-corrected chi connectivity index (χ4v) is 5.06. The third-order valence-electron chi connectivity index (χ3n) is 6.77. The Balaban J connectivity index is 1.38. The number of hydrogen-bond acceptors (Lipinski definition) is 8. The second-order valence-electron chi connectivity index (χ2n) is 9.26. The number of rotatable bonds is 6. The minimum atomic E-state index is -4.64. The zero-order valence-electron chi connectivity index (χ0n) is 20.3. The van der Waals surface area contributed by atoms with Crippen molar-refractivity contribution >= 4 is 34.2 Å². The monoisotopic (exact) mass is 550 g/mol. The van der Waals surface area contributed by atoms with Crippen LogP contribution in [-0.4, -0.2) is 82.9 Å². The molecule has 2 saturated heterocycles. The number of nitrogens with one attached hydrogen (secondary N) is 1. The number of pyridine rings is 1. The summed E-state index contributed by atoms with van der Waals surface area (Å²) in [6.07, 6.45) is -2.08. The first-order valence-corrected chi connectivity index (χ1v) is 12.6. The second kappa shape index (κ2) is 11.0. The van der Waals surface area contributed by atoms with Crippen molar-refractivity contribution in [1.82, 2.24) is 25.2 Å². The van der Waals surface area contributed by atoms with E-state index in [2.05, 4.69) is 20.3 Å². The van der Waals surface area contributed by atoms with Crippen LogP contribution in [-0.2, 0) is 10.9 Å². The van der Waals surface area contributed by atoms with Crippen LogP contribution in [0.15, 0.2) is 36.7 Å². The number of benzene rings is 1. The van der Waals surface area contributed by atoms with Crippen LogP contribution in [0, 0.1) is 0 Å². The zero-order valence-corrected chi connectivity index (χ0v) is 21.0. The maximum absolute atomic E-state index is 13.4. The topological polar surface area (TPSA) is 104 Å². The number of aliphatic hydroxyl groups is 1. The first-order valence-electron chi connectivity index (χ1n) is 12.2. The predicted molar refractivity (Wildman–Crippen MR) is 134 cm³/mol. The highest BCUT2D eigenvalue weighted by molar-refractivity contribution is 6.35. The molecule has 3 aromatic rings. The predicted octanol–water partition coefficient (Wildman–Crippen LogP) is 3.07. The first-order chi connectivity index (χ1) is 18.2.